The van der Waals surface area contributed by atoms with Gasteiger partial charge in [0.15, 0.2) is 5.96 Å². The van der Waals surface area contributed by atoms with Crippen molar-refractivity contribution in [3.05, 3.63) is 35.4 Å². The zero-order chi connectivity index (χ0) is 15.7. The summed E-state index contributed by atoms with van der Waals surface area (Å²) in [5.74, 6) is 3.18. The fourth-order valence-corrected chi connectivity index (χ4v) is 1.80. The predicted octanol–water partition coefficient (Wildman–Crippen LogP) is 1.35. The van der Waals surface area contributed by atoms with E-state index in [-0.39, 0.29) is 29.9 Å². The van der Waals surface area contributed by atoms with Gasteiger partial charge in [-0.15, -0.1) is 30.4 Å². The molecule has 0 bridgehead atoms. The lowest BCUT2D eigenvalue weighted by Crippen LogP contribution is -2.38. The number of benzene rings is 1. The highest BCUT2D eigenvalue weighted by atomic mass is 127. The summed E-state index contributed by atoms with van der Waals surface area (Å²) >= 11 is 0. The van der Waals surface area contributed by atoms with Crippen LogP contribution < -0.4 is 10.6 Å². The van der Waals surface area contributed by atoms with Crippen LogP contribution in [0.25, 0.3) is 0 Å². The molecule has 0 fully saturated rings. The number of aliphatic imine (C=N–C) groups is 1. The molecule has 6 heteroatoms. The van der Waals surface area contributed by atoms with Crippen LogP contribution in [0.15, 0.2) is 29.3 Å². The Morgan fingerprint density at radius 1 is 1.36 bits per heavy atom. The summed E-state index contributed by atoms with van der Waals surface area (Å²) in [4.78, 5) is 17.5. The van der Waals surface area contributed by atoms with Crippen LogP contribution in [0.1, 0.15) is 15.9 Å². The van der Waals surface area contributed by atoms with Gasteiger partial charge in [-0.2, -0.15) is 0 Å². The summed E-state index contributed by atoms with van der Waals surface area (Å²) < 4.78 is 0. The van der Waals surface area contributed by atoms with E-state index in [0.29, 0.717) is 24.6 Å². The quantitative estimate of drug-likeness (QED) is 0.331. The van der Waals surface area contributed by atoms with E-state index in [1.54, 1.807) is 26.0 Å². The Labute approximate surface area is 149 Å². The van der Waals surface area contributed by atoms with Gasteiger partial charge in [0.05, 0.1) is 6.54 Å². The molecule has 0 spiro atoms. The number of amides is 1. The van der Waals surface area contributed by atoms with Gasteiger partial charge in [-0.25, -0.2) is 0 Å². The van der Waals surface area contributed by atoms with Gasteiger partial charge in [-0.1, -0.05) is 18.1 Å². The molecule has 0 radical (unpaired) electrons. The summed E-state index contributed by atoms with van der Waals surface area (Å²) in [5, 5.41) is 6.16. The van der Waals surface area contributed by atoms with E-state index in [9.17, 15) is 4.79 Å². The number of rotatable bonds is 5. The molecule has 120 valence electrons. The molecule has 1 aromatic rings. The van der Waals surface area contributed by atoms with Crippen molar-refractivity contribution in [2.75, 3.05) is 34.2 Å². The highest BCUT2D eigenvalue weighted by molar-refractivity contribution is 14.0. The van der Waals surface area contributed by atoms with Crippen molar-refractivity contribution in [2.45, 2.75) is 6.42 Å². The zero-order valence-electron chi connectivity index (χ0n) is 13.2. The molecule has 0 aromatic heterocycles. The van der Waals surface area contributed by atoms with Gasteiger partial charge in [0.25, 0.3) is 5.91 Å². The number of nitrogens with one attached hydrogen (secondary N) is 2. The number of carbonyl (C=O) groups excluding carboxylic acids is 1. The van der Waals surface area contributed by atoms with E-state index in [1.807, 2.05) is 24.3 Å². The third kappa shape index (κ3) is 6.80. The Morgan fingerprint density at radius 3 is 2.68 bits per heavy atom. The second kappa shape index (κ2) is 10.9. The molecule has 0 aliphatic carbocycles. The first-order chi connectivity index (χ1) is 10.1. The van der Waals surface area contributed by atoms with Crippen LogP contribution in [-0.4, -0.2) is 51.0 Å². The lowest BCUT2D eigenvalue weighted by atomic mass is 10.1. The van der Waals surface area contributed by atoms with Gasteiger partial charge < -0.3 is 15.5 Å². The second-order valence-electron chi connectivity index (χ2n) is 4.71. The van der Waals surface area contributed by atoms with E-state index in [4.69, 9.17) is 6.42 Å². The fourth-order valence-electron chi connectivity index (χ4n) is 1.80. The van der Waals surface area contributed by atoms with Crippen LogP contribution in [0.4, 0.5) is 0 Å². The molecular formula is C16H23IN4O. The lowest BCUT2D eigenvalue weighted by Gasteiger charge is -2.12. The average molecular weight is 414 g/mol. The molecule has 0 unspecified atom stereocenters. The lowest BCUT2D eigenvalue weighted by molar-refractivity contribution is 0.0827. The first-order valence-electron chi connectivity index (χ1n) is 6.77. The molecule has 0 saturated heterocycles. The number of guanidine groups is 1. The Hall–Kier alpha value is -1.75. The monoisotopic (exact) mass is 414 g/mol. The van der Waals surface area contributed by atoms with Crippen LogP contribution in [0.2, 0.25) is 0 Å². The van der Waals surface area contributed by atoms with E-state index >= 15 is 0 Å². The minimum atomic E-state index is 0. The standard InChI is InChI=1S/C16H22N4O.HI/c1-5-10-18-16(17-2)19-11-9-13-7-6-8-14(12-13)15(21)20(3)4;/h1,6-8,12H,9-11H2,2-4H3,(H2,17,18,19);1H. The van der Waals surface area contributed by atoms with Crippen molar-refractivity contribution < 1.29 is 4.79 Å². The highest BCUT2D eigenvalue weighted by Gasteiger charge is 2.08. The van der Waals surface area contributed by atoms with Gasteiger partial charge in [0.1, 0.15) is 0 Å². The maximum atomic E-state index is 11.9. The van der Waals surface area contributed by atoms with Crippen molar-refractivity contribution in [3.63, 3.8) is 0 Å². The van der Waals surface area contributed by atoms with Crippen LogP contribution in [-0.2, 0) is 6.42 Å². The SMILES string of the molecule is C#CCNC(=NC)NCCc1cccc(C(=O)N(C)C)c1.I. The third-order valence-corrected chi connectivity index (χ3v) is 2.87. The van der Waals surface area contributed by atoms with Crippen LogP contribution in [0.5, 0.6) is 0 Å². The minimum absolute atomic E-state index is 0. The Balaban J connectivity index is 0.00000441. The molecule has 2 N–H and O–H groups in total. The molecule has 1 amide bonds. The van der Waals surface area contributed by atoms with Gasteiger partial charge in [0.2, 0.25) is 0 Å². The summed E-state index contributed by atoms with van der Waals surface area (Å²) in [7, 11) is 5.19. The van der Waals surface area contributed by atoms with Crippen molar-refractivity contribution in [2.24, 2.45) is 4.99 Å². The maximum absolute atomic E-state index is 11.9. The van der Waals surface area contributed by atoms with Gasteiger partial charge in [0, 0.05) is 33.3 Å². The van der Waals surface area contributed by atoms with Crippen LogP contribution in [0.3, 0.4) is 0 Å². The van der Waals surface area contributed by atoms with E-state index in [1.165, 1.54) is 0 Å². The molecule has 0 saturated carbocycles. The third-order valence-electron chi connectivity index (χ3n) is 2.87. The predicted molar refractivity (Wildman–Crippen MR) is 102 cm³/mol. The summed E-state index contributed by atoms with van der Waals surface area (Å²) in [6.07, 6.45) is 5.99. The number of nitrogens with zero attached hydrogens (tertiary/aromatic N) is 2. The fraction of sp³-hybridized carbons (Fsp3) is 0.375. The molecule has 0 atom stereocenters. The molecule has 0 aliphatic heterocycles. The molecule has 0 aliphatic rings. The van der Waals surface area contributed by atoms with Crippen molar-refractivity contribution in [1.29, 1.82) is 0 Å². The zero-order valence-corrected chi connectivity index (χ0v) is 15.5. The summed E-state index contributed by atoms with van der Waals surface area (Å²) in [5.41, 5.74) is 1.80. The molecular weight excluding hydrogens is 391 g/mol. The first-order valence-corrected chi connectivity index (χ1v) is 6.77. The number of carbonyl (C=O) groups is 1. The van der Waals surface area contributed by atoms with Gasteiger partial charge in [-0.3, -0.25) is 9.79 Å². The van der Waals surface area contributed by atoms with Crippen molar-refractivity contribution in [1.82, 2.24) is 15.5 Å². The van der Waals surface area contributed by atoms with Crippen LogP contribution >= 0.6 is 24.0 Å². The molecule has 1 rings (SSSR count). The molecule has 22 heavy (non-hydrogen) atoms. The molecule has 1 aromatic carbocycles. The highest BCUT2D eigenvalue weighted by Crippen LogP contribution is 2.07. The van der Waals surface area contributed by atoms with Gasteiger partial charge in [-0.05, 0) is 24.1 Å². The topological polar surface area (TPSA) is 56.7 Å². The first kappa shape index (κ1) is 20.2. The summed E-state index contributed by atoms with van der Waals surface area (Å²) in [6, 6.07) is 7.65. The van der Waals surface area contributed by atoms with Gasteiger partial charge >= 0.3 is 0 Å². The minimum Gasteiger partial charge on any atom is -0.356 e. The van der Waals surface area contributed by atoms with Crippen molar-refractivity contribution in [3.8, 4) is 12.3 Å². The van der Waals surface area contributed by atoms with Crippen LogP contribution in [0, 0.1) is 12.3 Å². The number of hydrogen-bond donors (Lipinski definition) is 2. The van der Waals surface area contributed by atoms with Crippen molar-refractivity contribution >= 4 is 35.8 Å². The van der Waals surface area contributed by atoms with E-state index in [0.717, 1.165) is 12.0 Å². The second-order valence-corrected chi connectivity index (χ2v) is 4.71. The Bertz CT molecular complexity index is 549. The molecule has 5 nitrogen and oxygen atoms in total. The largest absolute Gasteiger partial charge is 0.356 e. The normalized spacial score (nSPS) is 10.2. The number of terminal acetylenes is 1. The molecule has 0 heterocycles. The van der Waals surface area contributed by atoms with E-state index < -0.39 is 0 Å². The number of hydrogen-bond acceptors (Lipinski definition) is 2. The Kier molecular flexibility index (Phi) is 10.0. The number of halogens is 1. The summed E-state index contributed by atoms with van der Waals surface area (Å²) in [6.45, 7) is 1.15. The van der Waals surface area contributed by atoms with E-state index in [2.05, 4.69) is 21.5 Å². The maximum Gasteiger partial charge on any atom is 0.253 e. The Morgan fingerprint density at radius 2 is 2.09 bits per heavy atom. The smallest absolute Gasteiger partial charge is 0.253 e. The average Bonchev–Trinajstić information content (AvgIpc) is 2.50.